The van der Waals surface area contributed by atoms with E-state index in [-0.39, 0.29) is 0 Å². The van der Waals surface area contributed by atoms with Crippen molar-refractivity contribution in [2.24, 2.45) is 0 Å². The van der Waals surface area contributed by atoms with Crippen LogP contribution in [0.5, 0.6) is 0 Å². The van der Waals surface area contributed by atoms with Crippen LogP contribution in [0.3, 0.4) is 0 Å². The lowest BCUT2D eigenvalue weighted by atomic mass is 10.0. The number of piperidine rings is 1. The second-order valence-corrected chi connectivity index (χ2v) is 7.18. The zero-order valence-corrected chi connectivity index (χ0v) is 14.5. The molecule has 25 heavy (non-hydrogen) atoms. The largest absolute Gasteiger partial charge is 0.371 e. The van der Waals surface area contributed by atoms with Gasteiger partial charge in [-0.2, -0.15) is 10.4 Å². The number of benzene rings is 1. The molecule has 1 saturated carbocycles. The van der Waals surface area contributed by atoms with Gasteiger partial charge < -0.3 is 10.2 Å². The van der Waals surface area contributed by atoms with Crippen LogP contribution in [0, 0.1) is 11.3 Å². The summed E-state index contributed by atoms with van der Waals surface area (Å²) in [6, 6.07) is 13.8. The maximum Gasteiger partial charge on any atom is 0.0991 e. The van der Waals surface area contributed by atoms with Crippen molar-refractivity contribution in [3.8, 4) is 6.07 Å². The third-order valence-corrected chi connectivity index (χ3v) is 5.65. The molecule has 130 valence electrons. The highest BCUT2D eigenvalue weighted by Crippen LogP contribution is 2.31. The third kappa shape index (κ3) is 3.54. The van der Waals surface area contributed by atoms with E-state index in [9.17, 15) is 0 Å². The second kappa shape index (κ2) is 7.28. The highest BCUT2D eigenvalue weighted by atomic mass is 15.3. The Bertz CT molecular complexity index is 708. The van der Waals surface area contributed by atoms with E-state index in [1.165, 1.54) is 37.8 Å². The second-order valence-electron chi connectivity index (χ2n) is 7.18. The average molecular weight is 335 g/mol. The number of rotatable bonds is 4. The van der Waals surface area contributed by atoms with Gasteiger partial charge in [0.1, 0.15) is 0 Å². The van der Waals surface area contributed by atoms with Crippen molar-refractivity contribution in [3.63, 3.8) is 0 Å². The lowest BCUT2D eigenvalue weighted by molar-refractivity contribution is 0.305. The van der Waals surface area contributed by atoms with Gasteiger partial charge in [0.05, 0.1) is 17.7 Å². The smallest absolute Gasteiger partial charge is 0.0991 e. The van der Waals surface area contributed by atoms with E-state index in [1.807, 2.05) is 24.4 Å². The molecule has 2 heterocycles. The van der Waals surface area contributed by atoms with Crippen molar-refractivity contribution in [2.75, 3.05) is 18.0 Å². The highest BCUT2D eigenvalue weighted by Gasteiger charge is 2.31. The summed E-state index contributed by atoms with van der Waals surface area (Å²) in [7, 11) is 0. The Balaban J connectivity index is 1.32. The fraction of sp³-hybridized carbons (Fsp3) is 0.500. The lowest BCUT2D eigenvalue weighted by Crippen LogP contribution is -2.47. The summed E-state index contributed by atoms with van der Waals surface area (Å²) in [6.07, 6.45) is 10.1. The van der Waals surface area contributed by atoms with Crippen LogP contribution in [0.25, 0.3) is 0 Å². The quantitative estimate of drug-likeness (QED) is 0.933. The predicted molar refractivity (Wildman–Crippen MR) is 98.4 cm³/mol. The normalized spacial score (nSPS) is 24.4. The predicted octanol–water partition coefficient (Wildman–Crippen LogP) is 3.11. The molecule has 5 heteroatoms. The van der Waals surface area contributed by atoms with Crippen LogP contribution >= 0.6 is 0 Å². The van der Waals surface area contributed by atoms with E-state index in [4.69, 9.17) is 5.26 Å². The van der Waals surface area contributed by atoms with Crippen LogP contribution in [0.4, 0.5) is 5.69 Å². The Morgan fingerprint density at radius 2 is 1.88 bits per heavy atom. The van der Waals surface area contributed by atoms with Gasteiger partial charge in [-0.3, -0.25) is 4.68 Å². The van der Waals surface area contributed by atoms with Crippen molar-refractivity contribution in [3.05, 3.63) is 48.3 Å². The van der Waals surface area contributed by atoms with Crippen LogP contribution in [-0.4, -0.2) is 35.0 Å². The van der Waals surface area contributed by atoms with Gasteiger partial charge >= 0.3 is 0 Å². The van der Waals surface area contributed by atoms with E-state index < -0.39 is 0 Å². The Morgan fingerprint density at radius 1 is 1.08 bits per heavy atom. The van der Waals surface area contributed by atoms with Gasteiger partial charge in [-0.1, -0.05) is 0 Å². The Kier molecular flexibility index (Phi) is 4.71. The molecular formula is C20H25N5. The number of nitriles is 1. The number of hydrogen-bond donors (Lipinski definition) is 1. The SMILES string of the molecule is N#Cc1ccc(N2CCC(N[C@@H]3CCC[C@@H]3n3cccn3)CC2)cc1. The van der Waals surface area contributed by atoms with Gasteiger partial charge in [0, 0.05) is 43.3 Å². The van der Waals surface area contributed by atoms with Gasteiger partial charge in [-0.05, 0) is 62.4 Å². The van der Waals surface area contributed by atoms with Crippen LogP contribution in [-0.2, 0) is 0 Å². The fourth-order valence-electron chi connectivity index (χ4n) is 4.28. The number of anilines is 1. The van der Waals surface area contributed by atoms with E-state index >= 15 is 0 Å². The number of aromatic nitrogens is 2. The summed E-state index contributed by atoms with van der Waals surface area (Å²) in [5.74, 6) is 0. The molecule has 2 aliphatic rings. The van der Waals surface area contributed by atoms with Crippen molar-refractivity contribution >= 4 is 5.69 Å². The zero-order chi connectivity index (χ0) is 17.1. The molecule has 0 bridgehead atoms. The topological polar surface area (TPSA) is 56.9 Å². The molecule has 0 radical (unpaired) electrons. The van der Waals surface area contributed by atoms with E-state index in [2.05, 4.69) is 44.4 Å². The molecule has 1 aromatic heterocycles. The van der Waals surface area contributed by atoms with E-state index in [1.54, 1.807) is 0 Å². The molecule has 0 amide bonds. The molecule has 1 N–H and O–H groups in total. The van der Waals surface area contributed by atoms with Crippen LogP contribution in [0.15, 0.2) is 42.7 Å². The third-order valence-electron chi connectivity index (χ3n) is 5.65. The van der Waals surface area contributed by atoms with Crippen molar-refractivity contribution in [1.82, 2.24) is 15.1 Å². The maximum absolute atomic E-state index is 8.92. The van der Waals surface area contributed by atoms with Crippen LogP contribution < -0.4 is 10.2 Å². The minimum atomic E-state index is 0.506. The van der Waals surface area contributed by atoms with Gasteiger partial charge in [0.15, 0.2) is 0 Å². The average Bonchev–Trinajstić information content (AvgIpc) is 3.34. The van der Waals surface area contributed by atoms with Gasteiger partial charge in [0.2, 0.25) is 0 Å². The molecule has 0 unspecified atom stereocenters. The van der Waals surface area contributed by atoms with Gasteiger partial charge in [-0.25, -0.2) is 0 Å². The lowest BCUT2D eigenvalue weighted by Gasteiger charge is -2.36. The zero-order valence-electron chi connectivity index (χ0n) is 14.5. The minimum Gasteiger partial charge on any atom is -0.371 e. The Labute approximate surface area is 149 Å². The van der Waals surface area contributed by atoms with Crippen molar-refractivity contribution < 1.29 is 0 Å². The number of nitrogens with zero attached hydrogens (tertiary/aromatic N) is 4. The van der Waals surface area contributed by atoms with E-state index in [0.717, 1.165) is 18.7 Å². The fourth-order valence-corrected chi connectivity index (χ4v) is 4.28. The summed E-state index contributed by atoms with van der Waals surface area (Å²) in [6.45, 7) is 2.14. The monoisotopic (exact) mass is 335 g/mol. The summed E-state index contributed by atoms with van der Waals surface area (Å²) >= 11 is 0. The molecule has 4 rings (SSSR count). The number of nitrogens with one attached hydrogen (secondary N) is 1. The molecule has 2 fully saturated rings. The summed E-state index contributed by atoms with van der Waals surface area (Å²) in [4.78, 5) is 2.43. The first-order valence-electron chi connectivity index (χ1n) is 9.34. The molecular weight excluding hydrogens is 310 g/mol. The van der Waals surface area contributed by atoms with E-state index in [0.29, 0.717) is 18.1 Å². The summed E-state index contributed by atoms with van der Waals surface area (Å²) in [5.41, 5.74) is 1.96. The molecule has 2 atom stereocenters. The maximum atomic E-state index is 8.92. The first-order chi connectivity index (χ1) is 12.3. The standard InChI is InChI=1S/C20H25N5/c21-15-16-5-7-18(8-6-16)24-13-9-17(10-14-24)23-19-3-1-4-20(19)25-12-2-11-22-25/h2,5-8,11-12,17,19-20,23H,1,3-4,9-10,13-14H2/t19-,20+/m1/s1. The minimum absolute atomic E-state index is 0.506. The van der Waals surface area contributed by atoms with Crippen molar-refractivity contribution in [2.45, 2.75) is 50.2 Å². The van der Waals surface area contributed by atoms with Crippen LogP contribution in [0.2, 0.25) is 0 Å². The van der Waals surface area contributed by atoms with Gasteiger partial charge in [-0.15, -0.1) is 0 Å². The first-order valence-corrected chi connectivity index (χ1v) is 9.34. The molecule has 1 saturated heterocycles. The first kappa shape index (κ1) is 16.2. The molecule has 2 aromatic rings. The van der Waals surface area contributed by atoms with Crippen molar-refractivity contribution in [1.29, 1.82) is 5.26 Å². The van der Waals surface area contributed by atoms with Gasteiger partial charge in [0.25, 0.3) is 0 Å². The molecule has 1 aromatic carbocycles. The Morgan fingerprint density at radius 3 is 2.56 bits per heavy atom. The Hall–Kier alpha value is -2.32. The highest BCUT2D eigenvalue weighted by molar-refractivity contribution is 5.50. The molecule has 1 aliphatic heterocycles. The summed E-state index contributed by atoms with van der Waals surface area (Å²) < 4.78 is 2.14. The molecule has 5 nitrogen and oxygen atoms in total. The number of hydrogen-bond acceptors (Lipinski definition) is 4. The summed E-state index contributed by atoms with van der Waals surface area (Å²) in [5, 5.41) is 17.3. The molecule has 1 aliphatic carbocycles. The van der Waals surface area contributed by atoms with Crippen LogP contribution in [0.1, 0.15) is 43.7 Å². The molecule has 0 spiro atoms.